The smallest absolute Gasteiger partial charge is 0.243 e. The summed E-state index contributed by atoms with van der Waals surface area (Å²) in [7, 11) is -3.48. The molecule has 1 unspecified atom stereocenters. The molecule has 130 valence electrons. The van der Waals surface area contributed by atoms with Gasteiger partial charge in [-0.05, 0) is 29.8 Å². The number of piperazine rings is 1. The van der Waals surface area contributed by atoms with Gasteiger partial charge in [0.15, 0.2) is 0 Å². The molecule has 0 amide bonds. The summed E-state index contributed by atoms with van der Waals surface area (Å²) < 4.78 is 26.8. The van der Waals surface area contributed by atoms with Gasteiger partial charge in [-0.25, -0.2) is 8.42 Å². The number of nitriles is 1. The highest BCUT2D eigenvalue weighted by Crippen LogP contribution is 2.25. The lowest BCUT2D eigenvalue weighted by Crippen LogP contribution is -2.49. The molecule has 1 saturated heterocycles. The molecular weight excluding hydrogens is 358 g/mol. The topological polar surface area (TPSA) is 64.4 Å². The molecule has 2 aromatic carbocycles. The monoisotopic (exact) mass is 375 g/mol. The summed E-state index contributed by atoms with van der Waals surface area (Å²) in [5.41, 5.74) is 0.867. The number of hydrogen-bond acceptors (Lipinski definition) is 4. The van der Waals surface area contributed by atoms with Gasteiger partial charge in [0.1, 0.15) is 6.04 Å². The van der Waals surface area contributed by atoms with Gasteiger partial charge in [0.2, 0.25) is 10.0 Å². The van der Waals surface area contributed by atoms with Crippen LogP contribution < -0.4 is 0 Å². The van der Waals surface area contributed by atoms with E-state index in [0.29, 0.717) is 36.1 Å². The minimum Gasteiger partial charge on any atom is -0.282 e. The molecule has 7 heteroatoms. The lowest BCUT2D eigenvalue weighted by molar-refractivity contribution is 0.162. The summed E-state index contributed by atoms with van der Waals surface area (Å²) in [6.07, 6.45) is 0. The van der Waals surface area contributed by atoms with Crippen LogP contribution in [0.2, 0.25) is 5.02 Å². The summed E-state index contributed by atoms with van der Waals surface area (Å²) in [4.78, 5) is 2.30. The third kappa shape index (κ3) is 3.86. The summed E-state index contributed by atoms with van der Waals surface area (Å²) in [6.45, 7) is 1.74. The number of rotatable bonds is 4. The molecule has 5 nitrogen and oxygen atoms in total. The molecule has 0 bridgehead atoms. The van der Waals surface area contributed by atoms with Crippen molar-refractivity contribution < 1.29 is 8.42 Å². The normalized spacial score (nSPS) is 17.8. The van der Waals surface area contributed by atoms with Gasteiger partial charge in [-0.15, -0.1) is 0 Å². The minimum absolute atomic E-state index is 0.304. The second-order valence-electron chi connectivity index (χ2n) is 5.84. The van der Waals surface area contributed by atoms with Crippen LogP contribution in [0.15, 0.2) is 59.5 Å². The van der Waals surface area contributed by atoms with Gasteiger partial charge in [-0.2, -0.15) is 9.57 Å². The quantitative estimate of drug-likeness (QED) is 0.824. The zero-order valence-electron chi connectivity index (χ0n) is 13.5. The first-order valence-corrected chi connectivity index (χ1v) is 9.78. The Morgan fingerprint density at radius 2 is 1.56 bits per heavy atom. The lowest BCUT2D eigenvalue weighted by atomic mass is 10.1. The highest BCUT2D eigenvalue weighted by molar-refractivity contribution is 7.89. The SMILES string of the molecule is N#CC(c1ccc(Cl)cc1)N1CCN(S(=O)(=O)c2ccccc2)CC1. The van der Waals surface area contributed by atoms with Crippen molar-refractivity contribution in [2.45, 2.75) is 10.9 Å². The van der Waals surface area contributed by atoms with Crippen molar-refractivity contribution in [2.75, 3.05) is 26.2 Å². The molecule has 0 aliphatic carbocycles. The summed E-state index contributed by atoms with van der Waals surface area (Å²) in [5, 5.41) is 10.2. The van der Waals surface area contributed by atoms with E-state index < -0.39 is 16.1 Å². The second kappa shape index (κ2) is 7.54. The molecule has 2 aromatic rings. The van der Waals surface area contributed by atoms with Crippen LogP contribution in [0.1, 0.15) is 11.6 Å². The maximum atomic E-state index is 12.7. The first kappa shape index (κ1) is 17.9. The molecule has 1 fully saturated rings. The Balaban J connectivity index is 1.71. The molecule has 0 saturated carbocycles. The largest absolute Gasteiger partial charge is 0.282 e. The second-order valence-corrected chi connectivity index (χ2v) is 8.21. The van der Waals surface area contributed by atoms with E-state index in [4.69, 9.17) is 11.6 Å². The van der Waals surface area contributed by atoms with E-state index in [2.05, 4.69) is 6.07 Å². The van der Waals surface area contributed by atoms with E-state index in [0.717, 1.165) is 5.56 Å². The number of nitrogens with zero attached hydrogens (tertiary/aromatic N) is 3. The van der Waals surface area contributed by atoms with E-state index in [9.17, 15) is 13.7 Å². The van der Waals surface area contributed by atoms with E-state index in [1.807, 2.05) is 17.0 Å². The van der Waals surface area contributed by atoms with Gasteiger partial charge >= 0.3 is 0 Å². The summed E-state index contributed by atoms with van der Waals surface area (Å²) in [5.74, 6) is 0. The minimum atomic E-state index is -3.48. The predicted molar refractivity (Wildman–Crippen MR) is 96.6 cm³/mol. The maximum Gasteiger partial charge on any atom is 0.243 e. The Morgan fingerprint density at radius 1 is 0.960 bits per heavy atom. The fourth-order valence-electron chi connectivity index (χ4n) is 2.96. The van der Waals surface area contributed by atoms with Crippen LogP contribution in [0.25, 0.3) is 0 Å². The Bertz CT molecular complexity index is 855. The number of sulfonamides is 1. The van der Waals surface area contributed by atoms with E-state index in [1.165, 1.54) is 4.31 Å². The van der Waals surface area contributed by atoms with Gasteiger partial charge < -0.3 is 0 Å². The Morgan fingerprint density at radius 3 is 2.12 bits per heavy atom. The van der Waals surface area contributed by atoms with Crippen molar-refractivity contribution in [3.05, 3.63) is 65.2 Å². The highest BCUT2D eigenvalue weighted by atomic mass is 35.5. The van der Waals surface area contributed by atoms with Crippen molar-refractivity contribution in [2.24, 2.45) is 0 Å². The van der Waals surface area contributed by atoms with Gasteiger partial charge in [0.05, 0.1) is 11.0 Å². The van der Waals surface area contributed by atoms with Gasteiger partial charge in [-0.3, -0.25) is 4.90 Å². The predicted octanol–water partition coefficient (Wildman–Crippen LogP) is 2.91. The van der Waals surface area contributed by atoms with Crippen LogP contribution in [0, 0.1) is 11.3 Å². The van der Waals surface area contributed by atoms with Crippen molar-refractivity contribution >= 4 is 21.6 Å². The van der Waals surface area contributed by atoms with Crippen LogP contribution in [0.3, 0.4) is 0 Å². The van der Waals surface area contributed by atoms with Gasteiger partial charge in [-0.1, -0.05) is 41.9 Å². The third-order valence-electron chi connectivity index (χ3n) is 4.33. The summed E-state index contributed by atoms with van der Waals surface area (Å²) >= 11 is 5.90. The van der Waals surface area contributed by atoms with Crippen LogP contribution in [0.5, 0.6) is 0 Å². The zero-order chi connectivity index (χ0) is 17.9. The number of benzene rings is 2. The van der Waals surface area contributed by atoms with Crippen LogP contribution >= 0.6 is 11.6 Å². The van der Waals surface area contributed by atoms with Crippen LogP contribution in [-0.4, -0.2) is 43.8 Å². The van der Waals surface area contributed by atoms with Gasteiger partial charge in [0.25, 0.3) is 0 Å². The third-order valence-corrected chi connectivity index (χ3v) is 6.49. The van der Waals surface area contributed by atoms with Crippen molar-refractivity contribution in [1.82, 2.24) is 9.21 Å². The van der Waals surface area contributed by atoms with Crippen molar-refractivity contribution in [1.29, 1.82) is 5.26 Å². The first-order valence-electron chi connectivity index (χ1n) is 7.97. The number of hydrogen-bond donors (Lipinski definition) is 0. The average Bonchev–Trinajstić information content (AvgIpc) is 2.65. The van der Waals surface area contributed by atoms with Gasteiger partial charge in [0, 0.05) is 31.2 Å². The molecule has 1 aliphatic rings. The van der Waals surface area contributed by atoms with E-state index >= 15 is 0 Å². The van der Waals surface area contributed by atoms with Crippen LogP contribution in [-0.2, 0) is 10.0 Å². The molecule has 25 heavy (non-hydrogen) atoms. The Labute approximate surface area is 153 Å². The molecular formula is C18H18ClN3O2S. The lowest BCUT2D eigenvalue weighted by Gasteiger charge is -2.36. The van der Waals surface area contributed by atoms with E-state index in [1.54, 1.807) is 42.5 Å². The zero-order valence-corrected chi connectivity index (χ0v) is 15.1. The first-order chi connectivity index (χ1) is 12.0. The average molecular weight is 376 g/mol. The highest BCUT2D eigenvalue weighted by Gasteiger charge is 2.31. The molecule has 1 atom stereocenters. The Hall–Kier alpha value is -1.91. The molecule has 0 N–H and O–H groups in total. The molecule has 0 spiro atoms. The molecule has 1 aliphatic heterocycles. The maximum absolute atomic E-state index is 12.7. The fourth-order valence-corrected chi connectivity index (χ4v) is 4.52. The number of halogens is 1. The molecule has 1 heterocycles. The standard InChI is InChI=1S/C18H18ClN3O2S/c19-16-8-6-15(7-9-16)18(14-20)21-10-12-22(13-11-21)25(23,24)17-4-2-1-3-5-17/h1-9,18H,10-13H2. The van der Waals surface area contributed by atoms with Crippen LogP contribution in [0.4, 0.5) is 0 Å². The van der Waals surface area contributed by atoms with Crippen molar-refractivity contribution in [3.63, 3.8) is 0 Å². The summed E-state index contributed by atoms with van der Waals surface area (Å²) in [6, 6.07) is 17.5. The van der Waals surface area contributed by atoms with Crippen molar-refractivity contribution in [3.8, 4) is 6.07 Å². The molecule has 0 aromatic heterocycles. The fraction of sp³-hybridized carbons (Fsp3) is 0.278. The molecule has 0 radical (unpaired) electrons. The molecule has 3 rings (SSSR count). The Kier molecular flexibility index (Phi) is 5.40. The van der Waals surface area contributed by atoms with E-state index in [-0.39, 0.29) is 0 Å².